The van der Waals surface area contributed by atoms with Crippen molar-refractivity contribution in [1.29, 1.82) is 0 Å². The van der Waals surface area contributed by atoms with Crippen LogP contribution in [0.15, 0.2) is 36.4 Å². The van der Waals surface area contributed by atoms with E-state index in [1.807, 2.05) is 38.1 Å². The second-order valence-corrected chi connectivity index (χ2v) is 8.09. The van der Waals surface area contributed by atoms with Gasteiger partial charge in [0.05, 0.1) is 26.5 Å². The minimum atomic E-state index is -0.549. The van der Waals surface area contributed by atoms with Gasteiger partial charge < -0.3 is 5.32 Å². The normalized spacial score (nSPS) is 16.3. The molecule has 0 fully saturated rings. The highest BCUT2D eigenvalue weighted by Crippen LogP contribution is 2.39. The maximum Gasteiger partial charge on any atom is 0.226 e. The first-order chi connectivity index (χ1) is 12.4. The Labute approximate surface area is 159 Å². The molecule has 1 atom stereocenters. The van der Waals surface area contributed by atoms with Crippen molar-refractivity contribution in [3.8, 4) is 5.69 Å². The van der Waals surface area contributed by atoms with Gasteiger partial charge >= 0.3 is 0 Å². The van der Waals surface area contributed by atoms with E-state index in [1.165, 1.54) is 11.3 Å². The Balaban J connectivity index is 1.83. The maximum atomic E-state index is 13.0. The minimum absolute atomic E-state index is 0.0927. The third-order valence-corrected chi connectivity index (χ3v) is 5.73. The van der Waals surface area contributed by atoms with E-state index >= 15 is 0 Å². The van der Waals surface area contributed by atoms with Gasteiger partial charge in [-0.05, 0) is 43.7 Å². The topological polar surface area (TPSA) is 64.0 Å². The number of carbonyl (C=O) groups excluding carboxylic acids is 2. The molecule has 4 rings (SSSR count). The van der Waals surface area contributed by atoms with E-state index in [2.05, 4.69) is 10.4 Å². The van der Waals surface area contributed by atoms with Crippen LogP contribution in [0, 0.1) is 13.8 Å². The molecule has 2 aromatic heterocycles. The number of amides is 1. The number of hydrogen-bond donors (Lipinski definition) is 1. The Hall–Kier alpha value is -2.44. The van der Waals surface area contributed by atoms with Crippen LogP contribution in [0.5, 0.6) is 0 Å². The monoisotopic (exact) mass is 385 g/mol. The highest BCUT2D eigenvalue weighted by Gasteiger charge is 2.36. The summed E-state index contributed by atoms with van der Waals surface area (Å²) in [5, 5.41) is 7.49. The molecule has 1 aliphatic rings. The zero-order valence-electron chi connectivity index (χ0n) is 14.2. The van der Waals surface area contributed by atoms with Gasteiger partial charge in [0.1, 0.15) is 5.82 Å². The van der Waals surface area contributed by atoms with Gasteiger partial charge in [-0.1, -0.05) is 23.7 Å². The van der Waals surface area contributed by atoms with E-state index in [4.69, 9.17) is 11.6 Å². The third-order valence-electron chi connectivity index (χ3n) is 4.48. The van der Waals surface area contributed by atoms with Crippen molar-refractivity contribution in [2.75, 3.05) is 5.32 Å². The number of fused-ring (bicyclic) bond motifs is 1. The summed E-state index contributed by atoms with van der Waals surface area (Å²) in [5.74, 6) is -0.255. The highest BCUT2D eigenvalue weighted by molar-refractivity contribution is 7.18. The number of benzene rings is 1. The number of aryl methyl sites for hydroxylation is 2. The van der Waals surface area contributed by atoms with Gasteiger partial charge in [0.15, 0.2) is 5.78 Å². The maximum absolute atomic E-state index is 13.0. The molecule has 0 saturated carbocycles. The smallest absolute Gasteiger partial charge is 0.226 e. The SMILES string of the molecule is Cc1cccc(-n2nc(C)c3c2NC(=O)C[C@H]3C(=O)c2ccc(Cl)s2)c1. The summed E-state index contributed by atoms with van der Waals surface area (Å²) in [6, 6.07) is 11.3. The van der Waals surface area contributed by atoms with Crippen LogP contribution in [0.2, 0.25) is 4.34 Å². The fourth-order valence-electron chi connectivity index (χ4n) is 3.34. The standard InChI is InChI=1S/C19H16ClN3O2S/c1-10-4-3-5-12(8-10)23-19-17(11(2)22-23)13(9-16(24)21-19)18(25)14-6-7-15(20)26-14/h3-8,13H,9H2,1-2H3,(H,21,24)/t13-/m1/s1. The summed E-state index contributed by atoms with van der Waals surface area (Å²) in [6.07, 6.45) is 0.113. The average Bonchev–Trinajstić information content (AvgIpc) is 3.17. The number of anilines is 1. The first-order valence-corrected chi connectivity index (χ1v) is 9.39. The molecule has 3 heterocycles. The number of carbonyl (C=O) groups is 2. The van der Waals surface area contributed by atoms with E-state index in [0.29, 0.717) is 15.0 Å². The number of halogens is 1. The largest absolute Gasteiger partial charge is 0.310 e. The number of Topliss-reactive ketones (excluding diaryl/α,β-unsaturated/α-hetero) is 1. The van der Waals surface area contributed by atoms with Gasteiger partial charge in [0.2, 0.25) is 5.91 Å². The number of nitrogens with zero attached hydrogens (tertiary/aromatic N) is 2. The van der Waals surface area contributed by atoms with E-state index in [-0.39, 0.29) is 18.1 Å². The average molecular weight is 386 g/mol. The zero-order valence-corrected chi connectivity index (χ0v) is 15.8. The quantitative estimate of drug-likeness (QED) is 0.674. The summed E-state index contributed by atoms with van der Waals surface area (Å²) < 4.78 is 2.26. The molecule has 0 bridgehead atoms. The second-order valence-electron chi connectivity index (χ2n) is 6.37. The fraction of sp³-hybridized carbons (Fsp3) is 0.211. The number of ketones is 1. The van der Waals surface area contributed by atoms with E-state index in [9.17, 15) is 9.59 Å². The van der Waals surface area contributed by atoms with Crippen molar-refractivity contribution in [3.05, 3.63) is 62.4 Å². The molecule has 0 aliphatic carbocycles. The molecule has 1 aliphatic heterocycles. The van der Waals surface area contributed by atoms with Crippen molar-refractivity contribution in [2.45, 2.75) is 26.2 Å². The molecule has 0 spiro atoms. The first-order valence-electron chi connectivity index (χ1n) is 8.20. The van der Waals surface area contributed by atoms with Crippen molar-refractivity contribution < 1.29 is 9.59 Å². The van der Waals surface area contributed by atoms with E-state index in [1.54, 1.807) is 16.8 Å². The number of hydrogen-bond acceptors (Lipinski definition) is 4. The summed E-state index contributed by atoms with van der Waals surface area (Å²) in [5.41, 5.74) is 3.46. The summed E-state index contributed by atoms with van der Waals surface area (Å²) >= 11 is 7.21. The summed E-state index contributed by atoms with van der Waals surface area (Å²) in [6.45, 7) is 3.86. The van der Waals surface area contributed by atoms with Crippen LogP contribution < -0.4 is 5.32 Å². The van der Waals surface area contributed by atoms with Gasteiger partial charge in [-0.3, -0.25) is 9.59 Å². The molecule has 0 saturated heterocycles. The lowest BCUT2D eigenvalue weighted by Crippen LogP contribution is -2.28. The Morgan fingerprint density at radius 2 is 2.12 bits per heavy atom. The van der Waals surface area contributed by atoms with Crippen LogP contribution in [0.4, 0.5) is 5.82 Å². The Kier molecular flexibility index (Phi) is 4.17. The first kappa shape index (κ1) is 17.0. The van der Waals surface area contributed by atoms with Crippen molar-refractivity contribution in [2.24, 2.45) is 0 Å². The molecular formula is C19H16ClN3O2S. The van der Waals surface area contributed by atoms with Crippen molar-refractivity contribution >= 4 is 40.4 Å². The van der Waals surface area contributed by atoms with E-state index in [0.717, 1.165) is 22.5 Å². The van der Waals surface area contributed by atoms with E-state index < -0.39 is 5.92 Å². The summed E-state index contributed by atoms with van der Waals surface area (Å²) in [4.78, 5) is 25.9. The molecule has 1 amide bonds. The van der Waals surface area contributed by atoms with Crippen LogP contribution in [0.3, 0.4) is 0 Å². The number of aromatic nitrogens is 2. The van der Waals surface area contributed by atoms with Crippen LogP contribution in [0.25, 0.3) is 5.69 Å². The molecular weight excluding hydrogens is 370 g/mol. The lowest BCUT2D eigenvalue weighted by molar-refractivity contribution is -0.116. The third kappa shape index (κ3) is 2.85. The number of rotatable bonds is 3. The van der Waals surface area contributed by atoms with Gasteiger partial charge in [0, 0.05) is 12.0 Å². The number of nitrogens with one attached hydrogen (secondary N) is 1. The van der Waals surface area contributed by atoms with Crippen molar-refractivity contribution in [3.63, 3.8) is 0 Å². The van der Waals surface area contributed by atoms with Crippen LogP contribution in [-0.2, 0) is 4.79 Å². The van der Waals surface area contributed by atoms with Crippen LogP contribution >= 0.6 is 22.9 Å². The molecule has 5 nitrogen and oxygen atoms in total. The lowest BCUT2D eigenvalue weighted by atomic mass is 9.87. The Morgan fingerprint density at radius 1 is 1.31 bits per heavy atom. The van der Waals surface area contributed by atoms with Gasteiger partial charge in [-0.15, -0.1) is 11.3 Å². The highest BCUT2D eigenvalue weighted by atomic mass is 35.5. The van der Waals surface area contributed by atoms with Gasteiger partial charge in [-0.2, -0.15) is 5.10 Å². The molecule has 0 unspecified atom stereocenters. The van der Waals surface area contributed by atoms with Gasteiger partial charge in [0.25, 0.3) is 0 Å². The molecule has 1 aromatic carbocycles. The van der Waals surface area contributed by atoms with Gasteiger partial charge in [-0.25, -0.2) is 4.68 Å². The Bertz CT molecular complexity index is 1040. The molecule has 7 heteroatoms. The number of thiophene rings is 1. The zero-order chi connectivity index (χ0) is 18.4. The summed E-state index contributed by atoms with van der Waals surface area (Å²) in [7, 11) is 0. The fourth-order valence-corrected chi connectivity index (χ4v) is 4.37. The molecule has 1 N–H and O–H groups in total. The molecule has 0 radical (unpaired) electrons. The lowest BCUT2D eigenvalue weighted by Gasteiger charge is -2.22. The molecule has 132 valence electrons. The Morgan fingerprint density at radius 3 is 2.81 bits per heavy atom. The van der Waals surface area contributed by atoms with Crippen LogP contribution in [-0.4, -0.2) is 21.5 Å². The predicted molar refractivity (Wildman–Crippen MR) is 103 cm³/mol. The molecule has 26 heavy (non-hydrogen) atoms. The second kappa shape index (κ2) is 6.37. The predicted octanol–water partition coefficient (Wildman–Crippen LogP) is 4.51. The van der Waals surface area contributed by atoms with Crippen molar-refractivity contribution in [1.82, 2.24) is 9.78 Å². The minimum Gasteiger partial charge on any atom is -0.310 e. The molecule has 3 aromatic rings. The van der Waals surface area contributed by atoms with Crippen LogP contribution in [0.1, 0.15) is 38.8 Å².